The molecule has 1 amide bonds. The number of carboxylic acids is 1. The zero-order valence-electron chi connectivity index (χ0n) is 20.5. The molecule has 1 aromatic heterocycles. The Balaban J connectivity index is 1.46. The first-order chi connectivity index (χ1) is 18.1. The number of amides is 1. The monoisotopic (exact) mass is 516 g/mol. The molecule has 0 unspecified atom stereocenters. The number of hydrogen-bond donors (Lipinski definition) is 4. The van der Waals surface area contributed by atoms with Crippen molar-refractivity contribution in [2.75, 3.05) is 30.5 Å². The van der Waals surface area contributed by atoms with E-state index in [0.717, 1.165) is 28.5 Å². The Morgan fingerprint density at radius 3 is 2.29 bits per heavy atom. The summed E-state index contributed by atoms with van der Waals surface area (Å²) in [7, 11) is 3.97. The van der Waals surface area contributed by atoms with Crippen LogP contribution >= 0.6 is 0 Å². The maximum absolute atomic E-state index is 12.7. The van der Waals surface area contributed by atoms with E-state index in [9.17, 15) is 24.8 Å². The number of nitro benzene ring substituents is 1. The minimum atomic E-state index is -1.28. The lowest BCUT2D eigenvalue weighted by atomic mass is 10.0. The van der Waals surface area contributed by atoms with Gasteiger partial charge in [0.25, 0.3) is 5.69 Å². The molecule has 4 rings (SSSR count). The van der Waals surface area contributed by atoms with Crippen molar-refractivity contribution in [2.24, 2.45) is 0 Å². The highest BCUT2D eigenvalue weighted by molar-refractivity contribution is 5.93. The van der Waals surface area contributed by atoms with Crippen molar-refractivity contribution in [1.82, 2.24) is 19.7 Å². The molecular weight excluding hydrogens is 492 g/mol. The van der Waals surface area contributed by atoms with Crippen LogP contribution in [0.1, 0.15) is 15.9 Å². The van der Waals surface area contributed by atoms with Crippen LogP contribution in [0.4, 0.5) is 33.8 Å². The molecule has 0 saturated heterocycles. The molecule has 3 aromatic carbocycles. The summed E-state index contributed by atoms with van der Waals surface area (Å²) < 4.78 is 0.913. The van der Waals surface area contributed by atoms with E-state index in [-0.39, 0.29) is 23.1 Å². The van der Waals surface area contributed by atoms with Gasteiger partial charge in [-0.3, -0.25) is 10.1 Å². The lowest BCUT2D eigenvalue weighted by Crippen LogP contribution is -2.22. The van der Waals surface area contributed by atoms with E-state index in [1.54, 1.807) is 24.3 Å². The number of aromatic nitrogens is 3. The SMILES string of the molecule is CN(C)Cc1ccc(Nc2nc(N)n(C(=O)Nc3ccc(-c4cc(C(=O)O)cc([N+](=O)[O-])c4)cc3)n2)cc1. The Kier molecular flexibility index (Phi) is 7.30. The van der Waals surface area contributed by atoms with E-state index in [1.165, 1.54) is 12.1 Å². The van der Waals surface area contributed by atoms with Crippen molar-refractivity contribution in [1.29, 1.82) is 0 Å². The predicted octanol–water partition coefficient (Wildman–Crippen LogP) is 4.02. The lowest BCUT2D eigenvalue weighted by molar-refractivity contribution is -0.384. The van der Waals surface area contributed by atoms with Crippen LogP contribution in [0.2, 0.25) is 0 Å². The minimum absolute atomic E-state index is 0.122. The van der Waals surface area contributed by atoms with Crippen molar-refractivity contribution < 1.29 is 19.6 Å². The van der Waals surface area contributed by atoms with Crippen LogP contribution in [0, 0.1) is 10.1 Å². The number of nitro groups is 1. The minimum Gasteiger partial charge on any atom is -0.478 e. The molecule has 0 fully saturated rings. The molecule has 0 aliphatic carbocycles. The average Bonchev–Trinajstić information content (AvgIpc) is 3.25. The molecule has 0 saturated carbocycles. The Morgan fingerprint density at radius 2 is 1.68 bits per heavy atom. The van der Waals surface area contributed by atoms with E-state index in [1.807, 2.05) is 38.4 Å². The predicted molar refractivity (Wildman–Crippen MR) is 141 cm³/mol. The van der Waals surface area contributed by atoms with Gasteiger partial charge in [-0.2, -0.15) is 4.98 Å². The van der Waals surface area contributed by atoms with Gasteiger partial charge in [0, 0.05) is 30.1 Å². The number of carbonyl (C=O) groups is 2. The van der Waals surface area contributed by atoms with Crippen molar-refractivity contribution in [2.45, 2.75) is 6.54 Å². The van der Waals surface area contributed by atoms with Crippen LogP contribution in [0.3, 0.4) is 0 Å². The van der Waals surface area contributed by atoms with E-state index in [4.69, 9.17) is 5.73 Å². The second-order valence-electron chi connectivity index (χ2n) is 8.60. The lowest BCUT2D eigenvalue weighted by Gasteiger charge is -2.10. The van der Waals surface area contributed by atoms with Gasteiger partial charge in [-0.05, 0) is 61.1 Å². The van der Waals surface area contributed by atoms with Gasteiger partial charge in [-0.25, -0.2) is 9.59 Å². The second kappa shape index (κ2) is 10.8. The van der Waals surface area contributed by atoms with E-state index >= 15 is 0 Å². The smallest absolute Gasteiger partial charge is 0.349 e. The Labute approximate surface area is 216 Å². The van der Waals surface area contributed by atoms with E-state index < -0.39 is 16.9 Å². The molecule has 0 spiro atoms. The molecule has 1 heterocycles. The second-order valence-corrected chi connectivity index (χ2v) is 8.60. The third-order valence-electron chi connectivity index (χ3n) is 5.38. The van der Waals surface area contributed by atoms with Crippen LogP contribution in [0.25, 0.3) is 11.1 Å². The van der Waals surface area contributed by atoms with Gasteiger partial charge in [-0.1, -0.05) is 24.3 Å². The number of aromatic carboxylic acids is 1. The fourth-order valence-electron chi connectivity index (χ4n) is 3.64. The number of non-ortho nitro benzene ring substituents is 1. The number of rotatable bonds is 8. The first-order valence-electron chi connectivity index (χ1n) is 11.3. The van der Waals surface area contributed by atoms with Gasteiger partial charge >= 0.3 is 12.0 Å². The summed E-state index contributed by atoms with van der Waals surface area (Å²) in [5.41, 5.74) is 8.47. The molecular formula is C25H24N8O5. The summed E-state index contributed by atoms with van der Waals surface area (Å²) in [4.78, 5) is 40.8. The topological polar surface area (TPSA) is 182 Å². The van der Waals surface area contributed by atoms with Crippen molar-refractivity contribution in [3.63, 3.8) is 0 Å². The summed E-state index contributed by atoms with van der Waals surface area (Å²) in [5.74, 6) is -1.25. The molecule has 13 nitrogen and oxygen atoms in total. The third kappa shape index (κ3) is 6.09. The first kappa shape index (κ1) is 25.8. The molecule has 0 radical (unpaired) electrons. The highest BCUT2D eigenvalue weighted by atomic mass is 16.6. The summed E-state index contributed by atoms with van der Waals surface area (Å²) in [6.07, 6.45) is 0. The fourth-order valence-corrected chi connectivity index (χ4v) is 3.64. The maximum atomic E-state index is 12.7. The number of benzene rings is 3. The molecule has 38 heavy (non-hydrogen) atoms. The zero-order chi connectivity index (χ0) is 27.4. The van der Waals surface area contributed by atoms with Gasteiger partial charge in [0.05, 0.1) is 10.5 Å². The van der Waals surface area contributed by atoms with Crippen molar-refractivity contribution in [3.8, 4) is 11.1 Å². The molecule has 0 aliphatic rings. The van der Waals surface area contributed by atoms with Crippen LogP contribution in [0.15, 0.2) is 66.7 Å². The number of anilines is 4. The van der Waals surface area contributed by atoms with Gasteiger partial charge in [0.15, 0.2) is 0 Å². The van der Waals surface area contributed by atoms with Crippen molar-refractivity contribution in [3.05, 3.63) is 88.0 Å². The number of nitrogens with one attached hydrogen (secondary N) is 2. The number of carbonyl (C=O) groups excluding carboxylic acids is 1. The normalized spacial score (nSPS) is 10.8. The zero-order valence-corrected chi connectivity index (χ0v) is 20.5. The molecule has 0 bridgehead atoms. The van der Waals surface area contributed by atoms with Gasteiger partial charge < -0.3 is 26.4 Å². The number of nitrogens with two attached hydrogens (primary N) is 1. The first-order valence-corrected chi connectivity index (χ1v) is 11.3. The molecule has 5 N–H and O–H groups in total. The summed E-state index contributed by atoms with van der Waals surface area (Å²) >= 11 is 0. The maximum Gasteiger partial charge on any atom is 0.349 e. The highest BCUT2D eigenvalue weighted by Crippen LogP contribution is 2.27. The molecule has 4 aromatic rings. The van der Waals surface area contributed by atoms with Gasteiger partial charge in [0.1, 0.15) is 0 Å². The Morgan fingerprint density at radius 1 is 1.03 bits per heavy atom. The van der Waals surface area contributed by atoms with Crippen LogP contribution < -0.4 is 16.4 Å². The molecule has 13 heteroatoms. The van der Waals surface area contributed by atoms with Gasteiger partial charge in [0.2, 0.25) is 11.9 Å². The van der Waals surface area contributed by atoms with Gasteiger partial charge in [-0.15, -0.1) is 9.78 Å². The largest absolute Gasteiger partial charge is 0.478 e. The Bertz CT molecular complexity index is 1470. The molecule has 194 valence electrons. The Hall–Kier alpha value is -5.30. The van der Waals surface area contributed by atoms with E-state index in [2.05, 4.69) is 25.6 Å². The quantitative estimate of drug-likeness (QED) is 0.197. The number of carboxylic acid groups (broad SMARTS) is 1. The van der Waals surface area contributed by atoms with Crippen LogP contribution in [0.5, 0.6) is 0 Å². The summed E-state index contributed by atoms with van der Waals surface area (Å²) in [5, 5.41) is 30.2. The molecule has 0 atom stereocenters. The van der Waals surface area contributed by atoms with Crippen LogP contribution in [-0.4, -0.2) is 55.8 Å². The summed E-state index contributed by atoms with van der Waals surface area (Å²) in [6.45, 7) is 0.801. The molecule has 0 aliphatic heterocycles. The van der Waals surface area contributed by atoms with Crippen LogP contribution in [-0.2, 0) is 6.54 Å². The number of nitrogens with zero attached hydrogens (tertiary/aromatic N) is 5. The number of nitrogen functional groups attached to an aromatic ring is 1. The summed E-state index contributed by atoms with van der Waals surface area (Å²) in [6, 6.07) is 17.0. The fraction of sp³-hybridized carbons (Fsp3) is 0.120. The average molecular weight is 517 g/mol. The number of hydrogen-bond acceptors (Lipinski definition) is 9. The third-order valence-corrected chi connectivity index (χ3v) is 5.38. The van der Waals surface area contributed by atoms with Crippen molar-refractivity contribution >= 4 is 41.0 Å². The van der Waals surface area contributed by atoms with E-state index in [0.29, 0.717) is 16.8 Å². The highest BCUT2D eigenvalue weighted by Gasteiger charge is 2.16. The standard InChI is InChI=1S/C25H24N8O5/c1-31(2)14-15-3-7-19(8-4-15)27-24-29-23(26)32(30-24)25(36)28-20-9-5-16(6-10-20)17-11-18(22(34)35)13-21(12-17)33(37)38/h3-13H,14H2,1-2H3,(H,28,36)(H,34,35)(H3,26,27,29,30).